The van der Waals surface area contributed by atoms with E-state index in [-0.39, 0.29) is 12.8 Å². The molecule has 1 atom stereocenters. The first-order valence-electron chi connectivity index (χ1n) is 11.0. The quantitative estimate of drug-likeness (QED) is 0.221. The van der Waals surface area contributed by atoms with E-state index in [9.17, 15) is 14.4 Å². The molecule has 0 spiro atoms. The van der Waals surface area contributed by atoms with Gasteiger partial charge in [0.1, 0.15) is 6.04 Å². The summed E-state index contributed by atoms with van der Waals surface area (Å²) >= 11 is 0.421. The Bertz CT molecular complexity index is 404. The van der Waals surface area contributed by atoms with Crippen LogP contribution in [0.2, 0.25) is 0 Å². The van der Waals surface area contributed by atoms with Crippen LogP contribution in [-0.4, -0.2) is 77.0 Å². The van der Waals surface area contributed by atoms with E-state index in [1.165, 1.54) is 77.0 Å². The van der Waals surface area contributed by atoms with Gasteiger partial charge >= 0.3 is 136 Å². The molecule has 0 amide bonds. The van der Waals surface area contributed by atoms with Crippen molar-refractivity contribution in [2.45, 2.75) is 116 Å². The maximum atomic E-state index is 10.8. The Morgan fingerprint density at radius 3 is 1.46 bits per heavy atom. The van der Waals surface area contributed by atoms with Gasteiger partial charge in [-0.05, 0) is 6.42 Å². The summed E-state index contributed by atoms with van der Waals surface area (Å²) in [5.74, 6) is -2.20. The van der Waals surface area contributed by atoms with Crippen molar-refractivity contribution in [2.75, 3.05) is 0 Å². The van der Waals surface area contributed by atoms with E-state index < -0.39 is 18.0 Å². The molecule has 160 valence electrons. The van der Waals surface area contributed by atoms with Gasteiger partial charge in [-0.2, -0.15) is 0 Å². The zero-order chi connectivity index (χ0) is 21.6. The Labute approximate surface area is 205 Å². The number of hydrogen-bond donors (Lipinski definition) is 3. The van der Waals surface area contributed by atoms with Crippen LogP contribution in [0.15, 0.2) is 0 Å². The monoisotopic (exact) mass is 425 g/mol. The number of carboxylic acids is 2. The van der Waals surface area contributed by atoms with E-state index in [0.29, 0.717) is 48.8 Å². The first-order valence-corrected chi connectivity index (χ1v) is 12.6. The smallest absolute Gasteiger partial charge is 0.320 e. The van der Waals surface area contributed by atoms with Crippen LogP contribution < -0.4 is 5.73 Å². The normalized spacial score (nSPS) is 11.4. The average molecular weight is 426 g/mol. The van der Waals surface area contributed by atoms with Gasteiger partial charge < -0.3 is 15.9 Å². The van der Waals surface area contributed by atoms with E-state index in [1.54, 1.807) is 0 Å². The van der Waals surface area contributed by atoms with Crippen LogP contribution in [0.1, 0.15) is 110 Å². The predicted octanol–water partition coefficient (Wildman–Crippen LogP) is 4.43. The number of unbranched alkanes of at least 4 members (excludes halogenated alkanes) is 12. The van der Waals surface area contributed by atoms with Crippen LogP contribution in [0, 0.1) is 0 Å². The fraction of sp³-hybridized carbons (Fsp3) is 0.857. The summed E-state index contributed by atoms with van der Waals surface area (Å²) in [7, 11) is 0. The Morgan fingerprint density at radius 2 is 1.14 bits per heavy atom. The SMILES string of the molecule is CCCCCCCCCCCCCCC[C](=O)[K].NC(CCC(=O)O)C(=O)O. The molecule has 0 bridgehead atoms. The van der Waals surface area contributed by atoms with Gasteiger partial charge in [0.15, 0.2) is 0 Å². The third kappa shape index (κ3) is 28.4. The van der Waals surface area contributed by atoms with Gasteiger partial charge in [-0.3, -0.25) is 9.59 Å². The summed E-state index contributed by atoms with van der Waals surface area (Å²) in [5.41, 5.74) is 5.00. The van der Waals surface area contributed by atoms with Crippen LogP contribution in [0.3, 0.4) is 0 Å². The van der Waals surface area contributed by atoms with Crippen LogP contribution in [0.4, 0.5) is 0 Å². The van der Waals surface area contributed by atoms with E-state index in [4.69, 9.17) is 15.9 Å². The molecular formula is C21H40KNO5. The van der Waals surface area contributed by atoms with Crippen molar-refractivity contribution < 1.29 is 24.6 Å². The fourth-order valence-corrected chi connectivity index (χ4v) is 3.35. The summed E-state index contributed by atoms with van der Waals surface area (Å²) in [5, 5.41) is 16.3. The van der Waals surface area contributed by atoms with Gasteiger partial charge in [0.05, 0.1) is 0 Å². The minimum Gasteiger partial charge on any atom is -0.481 e. The maximum Gasteiger partial charge on any atom is 0.320 e. The summed E-state index contributed by atoms with van der Waals surface area (Å²) in [6, 6.07) is -1.06. The van der Waals surface area contributed by atoms with E-state index >= 15 is 0 Å². The number of carboxylic acid groups (broad SMARTS) is 2. The molecular weight excluding hydrogens is 385 g/mol. The molecule has 1 unspecified atom stereocenters. The predicted molar refractivity (Wildman–Crippen MR) is 114 cm³/mol. The minimum absolute atomic E-state index is 0.0231. The van der Waals surface area contributed by atoms with Gasteiger partial charge in [-0.25, -0.2) is 0 Å². The van der Waals surface area contributed by atoms with Crippen LogP contribution in [0.5, 0.6) is 0 Å². The number of rotatable bonds is 18. The second-order valence-electron chi connectivity index (χ2n) is 7.57. The van der Waals surface area contributed by atoms with Gasteiger partial charge in [-0.15, -0.1) is 0 Å². The van der Waals surface area contributed by atoms with E-state index in [2.05, 4.69) is 6.92 Å². The van der Waals surface area contributed by atoms with Gasteiger partial charge in [-0.1, -0.05) is 26.2 Å². The molecule has 0 fully saturated rings. The van der Waals surface area contributed by atoms with Crippen molar-refractivity contribution in [1.29, 1.82) is 0 Å². The Morgan fingerprint density at radius 1 is 0.750 bits per heavy atom. The molecule has 0 aromatic heterocycles. The first-order chi connectivity index (χ1) is 13.3. The molecule has 6 nitrogen and oxygen atoms in total. The van der Waals surface area contributed by atoms with Gasteiger partial charge in [0.25, 0.3) is 0 Å². The summed E-state index contributed by atoms with van der Waals surface area (Å²) in [6.07, 6.45) is 18.6. The molecule has 28 heavy (non-hydrogen) atoms. The number of hydrogen-bond acceptors (Lipinski definition) is 4. The largest absolute Gasteiger partial charge is 0.481 e. The topological polar surface area (TPSA) is 118 Å². The molecule has 0 heterocycles. The number of carbonyl (C=O) groups excluding carboxylic acids is 1. The first kappa shape index (κ1) is 30.4. The summed E-state index contributed by atoms with van der Waals surface area (Å²) < 4.78 is 0.533. The number of aliphatic carboxylic acids is 2. The van der Waals surface area contributed by atoms with Crippen molar-refractivity contribution >= 4 is 60.8 Å². The van der Waals surface area contributed by atoms with E-state index in [1.807, 2.05) is 0 Å². The van der Waals surface area contributed by atoms with Crippen molar-refractivity contribution in [1.82, 2.24) is 0 Å². The molecule has 0 aromatic rings. The molecule has 0 rings (SSSR count). The molecule has 0 aliphatic heterocycles. The molecule has 0 saturated carbocycles. The maximum absolute atomic E-state index is 10.8. The molecule has 0 aliphatic carbocycles. The van der Waals surface area contributed by atoms with Crippen LogP contribution in [-0.2, 0) is 14.4 Å². The van der Waals surface area contributed by atoms with Crippen molar-refractivity contribution in [3.63, 3.8) is 0 Å². The molecule has 4 N–H and O–H groups in total. The Hall–Kier alpha value is 0.206. The molecule has 0 saturated heterocycles. The third-order valence-corrected chi connectivity index (χ3v) is 5.40. The standard InChI is InChI=1S/C16H31O.C5H9NO4.K/c1-2-3-4-5-6-7-8-9-10-11-12-13-14-15-16-17;6-3(5(9)10)1-2-4(7)8;/h2-15H2,1H3;3H,1-2,6H2,(H,7,8)(H,9,10);. The number of carbonyl (C=O) groups is 3. The van der Waals surface area contributed by atoms with Crippen LogP contribution >= 0.6 is 0 Å². The third-order valence-electron chi connectivity index (χ3n) is 4.62. The average Bonchev–Trinajstić information content (AvgIpc) is 2.63. The minimum atomic E-state index is -1.17. The Balaban J connectivity index is 0. The summed E-state index contributed by atoms with van der Waals surface area (Å²) in [4.78, 5) is 30.7. The second kappa shape index (κ2) is 23.5. The zero-order valence-electron chi connectivity index (χ0n) is 18.1. The molecule has 0 radical (unpaired) electrons. The molecule has 0 aromatic carbocycles. The second-order valence-corrected chi connectivity index (χ2v) is 9.31. The zero-order valence-corrected chi connectivity index (χ0v) is 21.2. The molecule has 0 aliphatic rings. The van der Waals surface area contributed by atoms with Crippen molar-refractivity contribution in [3.8, 4) is 0 Å². The van der Waals surface area contributed by atoms with Crippen molar-refractivity contribution in [3.05, 3.63) is 0 Å². The fourth-order valence-electron chi connectivity index (χ4n) is 2.79. The molecule has 7 heteroatoms. The van der Waals surface area contributed by atoms with E-state index in [0.717, 1.165) is 12.8 Å². The van der Waals surface area contributed by atoms with Gasteiger partial charge in [0, 0.05) is 6.42 Å². The summed E-state index contributed by atoms with van der Waals surface area (Å²) in [6.45, 7) is 2.28. The van der Waals surface area contributed by atoms with Crippen LogP contribution in [0.25, 0.3) is 0 Å². The number of nitrogens with two attached hydrogens (primary N) is 1. The Kier molecular flexibility index (Phi) is 25.5. The van der Waals surface area contributed by atoms with Gasteiger partial charge in [0.2, 0.25) is 0 Å². The van der Waals surface area contributed by atoms with Crippen molar-refractivity contribution in [2.24, 2.45) is 5.73 Å².